The van der Waals surface area contributed by atoms with Crippen LogP contribution in [0.1, 0.15) is 12.8 Å². The topological polar surface area (TPSA) is 93.2 Å². The predicted molar refractivity (Wildman–Crippen MR) is 118 cm³/mol. The molecule has 32 heavy (non-hydrogen) atoms. The van der Waals surface area contributed by atoms with Crippen LogP contribution in [0.15, 0.2) is 43.1 Å². The fraction of sp³-hybridized carbons (Fsp3) is 0.286. The summed E-state index contributed by atoms with van der Waals surface area (Å²) in [6, 6.07) is 3.09. The highest BCUT2D eigenvalue weighted by Gasteiger charge is 2.27. The van der Waals surface area contributed by atoms with E-state index in [1.165, 1.54) is 12.3 Å². The molecule has 164 valence electrons. The average molecular weight is 455 g/mol. The van der Waals surface area contributed by atoms with Crippen molar-refractivity contribution in [2.45, 2.75) is 12.8 Å². The van der Waals surface area contributed by atoms with Gasteiger partial charge in [-0.3, -0.25) is 13.9 Å². The Morgan fingerprint density at radius 2 is 2.16 bits per heavy atom. The number of pyridine rings is 1. The Hall–Kier alpha value is -3.53. The molecular formula is C21H20ClFN8O. The molecule has 1 fully saturated rings. The largest absolute Gasteiger partial charge is 0.356 e. The van der Waals surface area contributed by atoms with Crippen molar-refractivity contribution in [3.8, 4) is 11.5 Å². The molecular weight excluding hydrogens is 435 g/mol. The summed E-state index contributed by atoms with van der Waals surface area (Å²) in [4.78, 5) is 28.1. The molecule has 5 heterocycles. The van der Waals surface area contributed by atoms with Crippen LogP contribution in [0.5, 0.6) is 0 Å². The van der Waals surface area contributed by atoms with Gasteiger partial charge in [-0.05, 0) is 18.9 Å². The van der Waals surface area contributed by atoms with Gasteiger partial charge in [0.05, 0.1) is 29.0 Å². The van der Waals surface area contributed by atoms with Crippen LogP contribution in [0.25, 0.3) is 17.2 Å². The smallest absolute Gasteiger partial charge is 0.229 e. The maximum absolute atomic E-state index is 13.7. The SMILES string of the molecule is Cn1cc(NC(=O)[C@H]2CCCN(c3ccnc(-c4cnc5cc(F)c(Cl)cn45)n3)C2)cn1. The summed E-state index contributed by atoms with van der Waals surface area (Å²) in [5.41, 5.74) is 1.70. The lowest BCUT2D eigenvalue weighted by atomic mass is 9.97. The van der Waals surface area contributed by atoms with Crippen molar-refractivity contribution < 1.29 is 9.18 Å². The van der Waals surface area contributed by atoms with Gasteiger partial charge in [0.1, 0.15) is 23.0 Å². The summed E-state index contributed by atoms with van der Waals surface area (Å²) in [6.07, 6.45) is 9.79. The van der Waals surface area contributed by atoms with E-state index in [0.717, 1.165) is 25.2 Å². The first kappa shape index (κ1) is 20.4. The molecule has 9 nitrogen and oxygen atoms in total. The van der Waals surface area contributed by atoms with E-state index in [9.17, 15) is 9.18 Å². The van der Waals surface area contributed by atoms with E-state index in [1.807, 2.05) is 6.07 Å². The standard InChI is InChI=1S/C21H20ClFN8O/c1-29-11-14(8-26-29)27-21(32)13-3-2-6-30(10-13)18-4-5-24-20(28-18)17-9-25-19-7-16(23)15(22)12-31(17)19/h4-5,7-9,11-13H,2-3,6,10H2,1H3,(H,27,32)/t13-/m0/s1. The summed E-state index contributed by atoms with van der Waals surface area (Å²) in [6.45, 7) is 1.34. The number of aryl methyl sites for hydroxylation is 1. The van der Waals surface area contributed by atoms with Gasteiger partial charge in [-0.2, -0.15) is 5.10 Å². The monoisotopic (exact) mass is 454 g/mol. The third-order valence-electron chi connectivity index (χ3n) is 5.51. The molecule has 1 N–H and O–H groups in total. The number of nitrogens with one attached hydrogen (secondary N) is 1. The number of carbonyl (C=O) groups excluding carboxylic acids is 1. The highest BCUT2D eigenvalue weighted by molar-refractivity contribution is 6.30. The number of hydrogen-bond acceptors (Lipinski definition) is 6. The zero-order chi connectivity index (χ0) is 22.2. The van der Waals surface area contributed by atoms with Crippen molar-refractivity contribution in [2.24, 2.45) is 13.0 Å². The quantitative estimate of drug-likeness (QED) is 0.509. The lowest BCUT2D eigenvalue weighted by molar-refractivity contribution is -0.120. The van der Waals surface area contributed by atoms with Crippen LogP contribution in [0.2, 0.25) is 5.02 Å². The van der Waals surface area contributed by atoms with Crippen LogP contribution in [-0.4, -0.2) is 48.1 Å². The molecule has 4 aromatic heterocycles. The lowest BCUT2D eigenvalue weighted by Gasteiger charge is -2.32. The van der Waals surface area contributed by atoms with Gasteiger partial charge in [-0.25, -0.2) is 19.3 Å². The van der Waals surface area contributed by atoms with Crippen molar-refractivity contribution in [2.75, 3.05) is 23.3 Å². The van der Waals surface area contributed by atoms with Gasteiger partial charge < -0.3 is 10.2 Å². The number of nitrogens with zero attached hydrogens (tertiary/aromatic N) is 7. The van der Waals surface area contributed by atoms with Crippen LogP contribution in [0.3, 0.4) is 0 Å². The van der Waals surface area contributed by atoms with Crippen molar-refractivity contribution in [3.05, 3.63) is 54.0 Å². The predicted octanol–water partition coefficient (Wildman–Crippen LogP) is 3.17. The first-order chi connectivity index (χ1) is 15.5. The van der Waals surface area contributed by atoms with Crippen molar-refractivity contribution in [3.63, 3.8) is 0 Å². The van der Waals surface area contributed by atoms with Gasteiger partial charge in [0.25, 0.3) is 0 Å². The Balaban J connectivity index is 1.37. The molecule has 1 saturated heterocycles. The van der Waals surface area contributed by atoms with Crippen LogP contribution in [0, 0.1) is 11.7 Å². The van der Waals surface area contributed by atoms with E-state index >= 15 is 0 Å². The molecule has 0 spiro atoms. The number of rotatable bonds is 4. The Kier molecular flexibility index (Phi) is 5.22. The summed E-state index contributed by atoms with van der Waals surface area (Å²) in [7, 11) is 1.80. The second-order valence-electron chi connectivity index (χ2n) is 7.76. The maximum atomic E-state index is 13.7. The van der Waals surface area contributed by atoms with E-state index in [0.29, 0.717) is 29.4 Å². The molecule has 0 bridgehead atoms. The molecule has 1 amide bonds. The summed E-state index contributed by atoms with van der Waals surface area (Å²) < 4.78 is 17.1. The average Bonchev–Trinajstić information content (AvgIpc) is 3.40. The zero-order valence-corrected chi connectivity index (χ0v) is 18.0. The number of anilines is 2. The minimum absolute atomic E-state index is 0.00796. The minimum Gasteiger partial charge on any atom is -0.356 e. The number of piperidine rings is 1. The summed E-state index contributed by atoms with van der Waals surface area (Å²) in [5, 5.41) is 7.01. The Morgan fingerprint density at radius 3 is 2.97 bits per heavy atom. The third-order valence-corrected chi connectivity index (χ3v) is 5.79. The first-order valence-electron chi connectivity index (χ1n) is 10.2. The van der Waals surface area contributed by atoms with Crippen LogP contribution in [0.4, 0.5) is 15.9 Å². The van der Waals surface area contributed by atoms with Gasteiger partial charge in [0.2, 0.25) is 5.91 Å². The summed E-state index contributed by atoms with van der Waals surface area (Å²) >= 11 is 5.95. The van der Waals surface area contributed by atoms with Crippen molar-refractivity contribution >= 4 is 34.7 Å². The lowest BCUT2D eigenvalue weighted by Crippen LogP contribution is -2.41. The maximum Gasteiger partial charge on any atom is 0.229 e. The second-order valence-corrected chi connectivity index (χ2v) is 8.16. The minimum atomic E-state index is -0.532. The number of hydrogen-bond donors (Lipinski definition) is 1. The van der Waals surface area contributed by atoms with Gasteiger partial charge >= 0.3 is 0 Å². The normalized spacial score (nSPS) is 16.5. The highest BCUT2D eigenvalue weighted by Crippen LogP contribution is 2.26. The third kappa shape index (κ3) is 3.89. The molecule has 0 aliphatic carbocycles. The molecule has 11 heteroatoms. The van der Waals surface area contributed by atoms with E-state index in [-0.39, 0.29) is 16.8 Å². The van der Waals surface area contributed by atoms with Crippen LogP contribution >= 0.6 is 11.6 Å². The van der Waals surface area contributed by atoms with Gasteiger partial charge in [0, 0.05) is 44.8 Å². The molecule has 1 aliphatic rings. The number of fused-ring (bicyclic) bond motifs is 1. The fourth-order valence-corrected chi connectivity index (χ4v) is 4.07. The second kappa shape index (κ2) is 8.19. The number of halogens is 2. The van der Waals surface area contributed by atoms with Gasteiger partial charge in [0.15, 0.2) is 5.82 Å². The number of aromatic nitrogens is 6. The molecule has 0 unspecified atom stereocenters. The van der Waals surface area contributed by atoms with E-state index in [1.54, 1.807) is 40.9 Å². The first-order valence-corrected chi connectivity index (χ1v) is 10.6. The zero-order valence-electron chi connectivity index (χ0n) is 17.2. The molecule has 1 atom stereocenters. The van der Waals surface area contributed by atoms with E-state index < -0.39 is 5.82 Å². The summed E-state index contributed by atoms with van der Waals surface area (Å²) in [5.74, 6) is 0.432. The van der Waals surface area contributed by atoms with Crippen LogP contribution in [-0.2, 0) is 11.8 Å². The molecule has 0 aromatic carbocycles. The molecule has 0 saturated carbocycles. The molecule has 1 aliphatic heterocycles. The fourth-order valence-electron chi connectivity index (χ4n) is 3.92. The Labute approximate surface area is 187 Å². The molecule has 5 rings (SSSR count). The number of carbonyl (C=O) groups is 1. The number of amides is 1. The van der Waals surface area contributed by atoms with Crippen molar-refractivity contribution in [1.82, 2.24) is 29.1 Å². The van der Waals surface area contributed by atoms with Crippen molar-refractivity contribution in [1.29, 1.82) is 0 Å². The Morgan fingerprint density at radius 1 is 1.28 bits per heavy atom. The van der Waals surface area contributed by atoms with E-state index in [2.05, 4.69) is 25.3 Å². The Bertz CT molecular complexity index is 1300. The highest BCUT2D eigenvalue weighted by atomic mass is 35.5. The molecule has 0 radical (unpaired) electrons. The van der Waals surface area contributed by atoms with Crippen LogP contribution < -0.4 is 10.2 Å². The van der Waals surface area contributed by atoms with E-state index in [4.69, 9.17) is 16.6 Å². The van der Waals surface area contributed by atoms with Gasteiger partial charge in [-0.1, -0.05) is 11.6 Å². The van der Waals surface area contributed by atoms with Gasteiger partial charge in [-0.15, -0.1) is 0 Å². The number of imidazole rings is 1. The molecule has 4 aromatic rings.